The van der Waals surface area contributed by atoms with E-state index in [1.165, 1.54) is 25.0 Å². The van der Waals surface area contributed by atoms with Crippen LogP contribution in [-0.2, 0) is 11.3 Å². The van der Waals surface area contributed by atoms with Crippen LogP contribution in [0.1, 0.15) is 24.8 Å². The zero-order valence-corrected chi connectivity index (χ0v) is 12.1. The molecular weight excluding hydrogens is 316 g/mol. The molecule has 1 heterocycles. The van der Waals surface area contributed by atoms with E-state index in [-0.39, 0.29) is 24.3 Å². The third-order valence-electron chi connectivity index (χ3n) is 3.90. The van der Waals surface area contributed by atoms with Gasteiger partial charge in [-0.3, -0.25) is 0 Å². The predicted octanol–water partition coefficient (Wildman–Crippen LogP) is 3.38. The number of halogens is 3. The lowest BCUT2D eigenvalue weighted by Crippen LogP contribution is -2.37. The quantitative estimate of drug-likeness (QED) is 0.854. The van der Waals surface area contributed by atoms with Gasteiger partial charge >= 0.3 is 0 Å². The minimum atomic E-state index is -0.519. The summed E-state index contributed by atoms with van der Waals surface area (Å²) in [6.07, 6.45) is 3.56. The maximum atomic E-state index is 13.8. The van der Waals surface area contributed by atoms with E-state index < -0.39 is 11.6 Å². The predicted molar refractivity (Wildman–Crippen MR) is 71.8 cm³/mol. The van der Waals surface area contributed by atoms with E-state index in [1.54, 1.807) is 0 Å². The average molecular weight is 332 g/mol. The molecule has 5 heteroatoms. The van der Waals surface area contributed by atoms with Gasteiger partial charge in [0, 0.05) is 24.8 Å². The first kappa shape index (κ1) is 13.5. The number of ether oxygens (including phenoxy) is 1. The van der Waals surface area contributed by atoms with Crippen molar-refractivity contribution in [3.63, 3.8) is 0 Å². The standard InChI is InChI=1S/C14H16BrF2NO/c15-10-3-4-11(16)9(13(10)17)7-18-12-5-6-19-14(12)8-1-2-8/h3-4,8,12,14,18H,1-2,5-7H2. The highest BCUT2D eigenvalue weighted by atomic mass is 79.9. The zero-order valence-electron chi connectivity index (χ0n) is 10.5. The normalized spacial score (nSPS) is 26.9. The number of rotatable bonds is 4. The van der Waals surface area contributed by atoms with Crippen molar-refractivity contribution < 1.29 is 13.5 Å². The Balaban J connectivity index is 1.67. The van der Waals surface area contributed by atoms with Gasteiger partial charge in [-0.2, -0.15) is 0 Å². The molecule has 1 N–H and O–H groups in total. The highest BCUT2D eigenvalue weighted by Crippen LogP contribution is 2.38. The van der Waals surface area contributed by atoms with Gasteiger partial charge < -0.3 is 10.1 Å². The Labute approximate surface area is 119 Å². The van der Waals surface area contributed by atoms with Crippen LogP contribution in [0, 0.1) is 17.6 Å². The molecule has 3 rings (SSSR count). The molecule has 2 aliphatic rings. The molecule has 0 amide bonds. The Kier molecular flexibility index (Phi) is 3.87. The molecule has 0 radical (unpaired) electrons. The second-order valence-electron chi connectivity index (χ2n) is 5.27. The molecular formula is C14H16BrF2NO. The highest BCUT2D eigenvalue weighted by molar-refractivity contribution is 9.10. The van der Waals surface area contributed by atoms with E-state index in [2.05, 4.69) is 21.2 Å². The van der Waals surface area contributed by atoms with Gasteiger partial charge in [0.2, 0.25) is 0 Å². The first-order valence-corrected chi connectivity index (χ1v) is 7.43. The molecule has 2 atom stereocenters. The molecule has 0 aromatic heterocycles. The van der Waals surface area contributed by atoms with Crippen LogP contribution < -0.4 is 5.32 Å². The second-order valence-corrected chi connectivity index (χ2v) is 6.12. The van der Waals surface area contributed by atoms with E-state index in [0.717, 1.165) is 13.0 Å². The van der Waals surface area contributed by atoms with E-state index in [9.17, 15) is 8.78 Å². The van der Waals surface area contributed by atoms with Crippen molar-refractivity contribution in [1.29, 1.82) is 0 Å². The van der Waals surface area contributed by atoms with Crippen molar-refractivity contribution in [2.24, 2.45) is 5.92 Å². The van der Waals surface area contributed by atoms with Crippen LogP contribution in [0.2, 0.25) is 0 Å². The molecule has 1 aromatic rings. The molecule has 1 aliphatic carbocycles. The molecule has 0 bridgehead atoms. The third kappa shape index (κ3) is 2.83. The summed E-state index contributed by atoms with van der Waals surface area (Å²) in [6.45, 7) is 0.941. The first-order chi connectivity index (χ1) is 9.16. The Morgan fingerprint density at radius 1 is 1.26 bits per heavy atom. The van der Waals surface area contributed by atoms with Crippen molar-refractivity contribution in [2.75, 3.05) is 6.61 Å². The van der Waals surface area contributed by atoms with Crippen LogP contribution in [-0.4, -0.2) is 18.8 Å². The van der Waals surface area contributed by atoms with E-state index in [1.807, 2.05) is 0 Å². The number of hydrogen-bond acceptors (Lipinski definition) is 2. The summed E-state index contributed by atoms with van der Waals surface area (Å²) in [5.74, 6) is -0.387. The average Bonchev–Trinajstić information content (AvgIpc) is 3.14. The molecule has 2 unspecified atom stereocenters. The maximum absolute atomic E-state index is 13.8. The molecule has 1 aliphatic heterocycles. The van der Waals surface area contributed by atoms with Crippen molar-refractivity contribution in [1.82, 2.24) is 5.32 Å². The van der Waals surface area contributed by atoms with Gasteiger partial charge in [0.25, 0.3) is 0 Å². The van der Waals surface area contributed by atoms with E-state index in [0.29, 0.717) is 10.4 Å². The number of nitrogens with one attached hydrogen (secondary N) is 1. The summed E-state index contributed by atoms with van der Waals surface area (Å²) >= 11 is 3.08. The van der Waals surface area contributed by atoms with Crippen molar-refractivity contribution in [2.45, 2.75) is 38.0 Å². The van der Waals surface area contributed by atoms with Gasteiger partial charge in [-0.25, -0.2) is 8.78 Å². The SMILES string of the molecule is Fc1ccc(Br)c(F)c1CNC1CCOC1C1CC1. The molecule has 1 aromatic carbocycles. The second kappa shape index (κ2) is 5.46. The van der Waals surface area contributed by atoms with E-state index in [4.69, 9.17) is 4.74 Å². The lowest BCUT2D eigenvalue weighted by molar-refractivity contribution is 0.0807. The van der Waals surface area contributed by atoms with Gasteiger partial charge in [-0.15, -0.1) is 0 Å². The number of benzene rings is 1. The van der Waals surface area contributed by atoms with Crippen LogP contribution in [0.5, 0.6) is 0 Å². The van der Waals surface area contributed by atoms with Crippen LogP contribution in [0.4, 0.5) is 8.78 Å². The van der Waals surface area contributed by atoms with Gasteiger partial charge in [-0.1, -0.05) is 0 Å². The van der Waals surface area contributed by atoms with Crippen molar-refractivity contribution in [3.05, 3.63) is 33.8 Å². The van der Waals surface area contributed by atoms with Crippen molar-refractivity contribution >= 4 is 15.9 Å². The lowest BCUT2D eigenvalue weighted by atomic mass is 10.1. The Hall–Kier alpha value is -0.520. The largest absolute Gasteiger partial charge is 0.376 e. The molecule has 1 saturated heterocycles. The summed E-state index contributed by atoms with van der Waals surface area (Å²) in [7, 11) is 0. The summed E-state index contributed by atoms with van der Waals surface area (Å²) in [4.78, 5) is 0. The number of hydrogen-bond donors (Lipinski definition) is 1. The summed E-state index contributed by atoms with van der Waals surface area (Å²) in [5, 5.41) is 3.25. The fourth-order valence-corrected chi connectivity index (χ4v) is 3.05. The van der Waals surface area contributed by atoms with Crippen molar-refractivity contribution in [3.8, 4) is 0 Å². The fraction of sp³-hybridized carbons (Fsp3) is 0.571. The van der Waals surface area contributed by atoms with Crippen LogP contribution >= 0.6 is 15.9 Å². The first-order valence-electron chi connectivity index (χ1n) is 6.64. The minimum absolute atomic E-state index is 0.0934. The van der Waals surface area contributed by atoms with Gasteiger partial charge in [0.1, 0.15) is 11.6 Å². The molecule has 0 spiro atoms. The summed E-state index contributed by atoms with van der Waals surface area (Å²) in [6, 6.07) is 2.89. The summed E-state index contributed by atoms with van der Waals surface area (Å²) < 4.78 is 33.5. The monoisotopic (exact) mass is 331 g/mol. The molecule has 104 valence electrons. The van der Waals surface area contributed by atoms with Crippen LogP contribution in [0.3, 0.4) is 0 Å². The topological polar surface area (TPSA) is 21.3 Å². The van der Waals surface area contributed by atoms with Gasteiger partial charge in [-0.05, 0) is 53.2 Å². The molecule has 2 nitrogen and oxygen atoms in total. The molecule has 19 heavy (non-hydrogen) atoms. The van der Waals surface area contributed by atoms with Gasteiger partial charge in [0.05, 0.1) is 10.6 Å². The molecule has 1 saturated carbocycles. The van der Waals surface area contributed by atoms with Gasteiger partial charge in [0.15, 0.2) is 0 Å². The highest BCUT2D eigenvalue weighted by Gasteiger charge is 2.40. The zero-order chi connectivity index (χ0) is 13.4. The van der Waals surface area contributed by atoms with Crippen LogP contribution in [0.25, 0.3) is 0 Å². The third-order valence-corrected chi connectivity index (χ3v) is 4.51. The smallest absolute Gasteiger partial charge is 0.144 e. The van der Waals surface area contributed by atoms with Crippen LogP contribution in [0.15, 0.2) is 16.6 Å². The minimum Gasteiger partial charge on any atom is -0.376 e. The maximum Gasteiger partial charge on any atom is 0.144 e. The Morgan fingerprint density at radius 2 is 2.05 bits per heavy atom. The molecule has 2 fully saturated rings. The lowest BCUT2D eigenvalue weighted by Gasteiger charge is -2.20. The Bertz CT molecular complexity index is 479. The Morgan fingerprint density at radius 3 is 2.79 bits per heavy atom. The van der Waals surface area contributed by atoms with E-state index >= 15 is 0 Å². The fourth-order valence-electron chi connectivity index (χ4n) is 2.68. The summed E-state index contributed by atoms with van der Waals surface area (Å²) in [5.41, 5.74) is 0.0934.